The zero-order valence-electron chi connectivity index (χ0n) is 28.5. The number of hydrogen-bond donors (Lipinski definition) is 0. The minimum absolute atomic E-state index is 0.482. The largest absolute Gasteiger partial charge is 0.491 e. The number of allylic oxidation sites excluding steroid dienone is 2. The van der Waals surface area contributed by atoms with E-state index in [1.54, 1.807) is 17.8 Å². The van der Waals surface area contributed by atoms with Gasteiger partial charge in [0.2, 0.25) is 5.88 Å². The predicted molar refractivity (Wildman–Crippen MR) is 188 cm³/mol. The van der Waals surface area contributed by atoms with Gasteiger partial charge >= 0.3 is 0 Å². The van der Waals surface area contributed by atoms with E-state index < -0.39 is 0 Å². The van der Waals surface area contributed by atoms with Gasteiger partial charge in [-0.2, -0.15) is 10.4 Å². The maximum Gasteiger partial charge on any atom is 0.212 e. The summed E-state index contributed by atoms with van der Waals surface area (Å²) in [7, 11) is 1.64. The SMILES string of the molecule is C=C(C=N/C(=C\C)N1CC2CC(C1)N2Cc1ccc(OC)nc1)c1cc(OCCN2CCC3(CCCCC3)CC2)cn2ncc(C#N)c12. The number of likely N-dealkylation sites (tertiary alicyclic amines) is 1. The Balaban J connectivity index is 0.977. The quantitative estimate of drug-likeness (QED) is 0.236. The van der Waals surface area contributed by atoms with Crippen LogP contribution >= 0.6 is 0 Å². The maximum atomic E-state index is 9.84. The number of ether oxygens (including phenoxy) is 2. The van der Waals surface area contributed by atoms with Gasteiger partial charge in [-0.05, 0) is 80.8 Å². The van der Waals surface area contributed by atoms with Crippen LogP contribution < -0.4 is 9.47 Å². The highest BCUT2D eigenvalue weighted by atomic mass is 16.5. The minimum atomic E-state index is 0.482. The van der Waals surface area contributed by atoms with Crippen molar-refractivity contribution in [1.82, 2.24) is 29.3 Å². The van der Waals surface area contributed by atoms with Gasteiger partial charge in [-0.15, -0.1) is 0 Å². The first-order valence-electron chi connectivity index (χ1n) is 17.6. The van der Waals surface area contributed by atoms with Gasteiger partial charge in [0.25, 0.3) is 0 Å². The summed E-state index contributed by atoms with van der Waals surface area (Å²) in [5, 5.41) is 14.3. The summed E-state index contributed by atoms with van der Waals surface area (Å²) in [5.74, 6) is 2.29. The lowest BCUT2D eigenvalue weighted by Gasteiger charge is -2.57. The van der Waals surface area contributed by atoms with E-state index in [2.05, 4.69) is 49.6 Å². The van der Waals surface area contributed by atoms with E-state index in [-0.39, 0.29) is 0 Å². The molecule has 8 rings (SSSR count). The van der Waals surface area contributed by atoms with E-state index in [9.17, 15) is 5.26 Å². The molecule has 1 aliphatic carbocycles. The molecule has 3 aromatic rings. The van der Waals surface area contributed by atoms with E-state index in [4.69, 9.17) is 14.5 Å². The van der Waals surface area contributed by atoms with Gasteiger partial charge in [-0.25, -0.2) is 14.5 Å². The fourth-order valence-corrected chi connectivity index (χ4v) is 8.37. The molecule has 3 aromatic heterocycles. The Hall–Kier alpha value is -4.20. The average Bonchev–Trinajstić information content (AvgIpc) is 3.55. The number of aliphatic imine (C=N–C) groups is 1. The lowest BCUT2D eigenvalue weighted by Crippen LogP contribution is -2.67. The fourth-order valence-electron chi connectivity index (χ4n) is 8.37. The number of fused-ring (bicyclic) bond motifs is 3. The van der Waals surface area contributed by atoms with Gasteiger partial charge in [0.15, 0.2) is 0 Å². The Labute approximate surface area is 284 Å². The second kappa shape index (κ2) is 14.1. The molecule has 2 unspecified atom stereocenters. The summed E-state index contributed by atoms with van der Waals surface area (Å²) in [6.07, 6.45) is 20.2. The van der Waals surface area contributed by atoms with Crippen molar-refractivity contribution < 1.29 is 9.47 Å². The third-order valence-electron chi connectivity index (χ3n) is 11.2. The predicted octanol–water partition coefficient (Wildman–Crippen LogP) is 5.94. The first kappa shape index (κ1) is 32.4. The van der Waals surface area contributed by atoms with Crippen LogP contribution in [0, 0.1) is 16.7 Å². The maximum absolute atomic E-state index is 9.84. The normalized spacial score (nSPS) is 22.9. The van der Waals surface area contributed by atoms with Crippen LogP contribution in [0.5, 0.6) is 11.6 Å². The van der Waals surface area contributed by atoms with Crippen LogP contribution in [0.15, 0.2) is 60.3 Å². The molecule has 48 heavy (non-hydrogen) atoms. The second-order valence-corrected chi connectivity index (χ2v) is 14.1. The molecule has 1 saturated carbocycles. The van der Waals surface area contributed by atoms with Gasteiger partial charge in [-0.1, -0.05) is 31.9 Å². The van der Waals surface area contributed by atoms with Crippen molar-refractivity contribution in [1.29, 1.82) is 5.26 Å². The molecule has 10 heteroatoms. The lowest BCUT2D eigenvalue weighted by molar-refractivity contribution is -0.0645. The Morgan fingerprint density at radius 3 is 2.60 bits per heavy atom. The fraction of sp³-hybridized carbons (Fsp3) is 0.526. The zero-order chi connectivity index (χ0) is 33.1. The monoisotopic (exact) mass is 648 g/mol. The molecule has 4 saturated heterocycles. The van der Waals surface area contributed by atoms with Crippen molar-refractivity contribution in [3.8, 4) is 17.7 Å². The van der Waals surface area contributed by atoms with E-state index in [1.807, 2.05) is 37.7 Å². The van der Waals surface area contributed by atoms with Crippen molar-refractivity contribution in [2.45, 2.75) is 76.9 Å². The van der Waals surface area contributed by atoms with E-state index in [0.29, 0.717) is 41.1 Å². The van der Waals surface area contributed by atoms with Gasteiger partial charge < -0.3 is 14.4 Å². The molecule has 0 N–H and O–H groups in total. The Morgan fingerprint density at radius 2 is 1.92 bits per heavy atom. The number of pyridine rings is 2. The number of aromatic nitrogens is 3. The molecule has 1 spiro atoms. The number of nitrogens with zero attached hydrogens (tertiary/aromatic N) is 8. The van der Waals surface area contributed by atoms with Crippen LogP contribution in [0.25, 0.3) is 11.1 Å². The smallest absolute Gasteiger partial charge is 0.212 e. The molecule has 2 bridgehead atoms. The van der Waals surface area contributed by atoms with Gasteiger partial charge in [0.1, 0.15) is 24.2 Å². The number of piperazine rings is 1. The van der Waals surface area contributed by atoms with Gasteiger partial charge in [0.05, 0.1) is 30.6 Å². The molecule has 0 radical (unpaired) electrons. The van der Waals surface area contributed by atoms with Crippen molar-refractivity contribution in [2.24, 2.45) is 10.4 Å². The second-order valence-electron chi connectivity index (χ2n) is 14.1. The summed E-state index contributed by atoms with van der Waals surface area (Å²) in [6, 6.07) is 9.26. The first-order chi connectivity index (χ1) is 23.5. The molecule has 4 aliphatic heterocycles. The van der Waals surface area contributed by atoms with Crippen LogP contribution in [0.3, 0.4) is 0 Å². The summed E-state index contributed by atoms with van der Waals surface area (Å²) in [4.78, 5) is 16.8. The molecular weight excluding hydrogens is 600 g/mol. The van der Waals surface area contributed by atoms with Crippen molar-refractivity contribution in [3.05, 3.63) is 72.0 Å². The molecule has 10 nitrogen and oxygen atoms in total. The topological polar surface area (TPSA) is 94.5 Å². The molecule has 5 aliphatic rings. The zero-order valence-corrected chi connectivity index (χ0v) is 28.5. The van der Waals surface area contributed by atoms with Gasteiger partial charge in [-0.3, -0.25) is 9.80 Å². The van der Waals surface area contributed by atoms with E-state index in [1.165, 1.54) is 56.9 Å². The first-order valence-corrected chi connectivity index (χ1v) is 17.6. The third-order valence-corrected chi connectivity index (χ3v) is 11.2. The summed E-state index contributed by atoms with van der Waals surface area (Å²) < 4.78 is 13.3. The number of piperidine rings is 2. The Kier molecular flexibility index (Phi) is 9.51. The molecule has 252 valence electrons. The molecule has 2 atom stereocenters. The summed E-state index contributed by atoms with van der Waals surface area (Å²) in [5.41, 5.74) is 4.55. The van der Waals surface area contributed by atoms with Crippen molar-refractivity contribution in [3.63, 3.8) is 0 Å². The molecule has 7 heterocycles. The summed E-state index contributed by atoms with van der Waals surface area (Å²) in [6.45, 7) is 13.0. The third kappa shape index (κ3) is 6.71. The van der Waals surface area contributed by atoms with Crippen LogP contribution in [0.4, 0.5) is 0 Å². The van der Waals surface area contributed by atoms with E-state index >= 15 is 0 Å². The molecule has 0 amide bonds. The van der Waals surface area contributed by atoms with E-state index in [0.717, 1.165) is 61.9 Å². The van der Waals surface area contributed by atoms with Crippen LogP contribution in [0.1, 0.15) is 75.0 Å². The average molecular weight is 649 g/mol. The molecular formula is C38H48N8O2. The minimum Gasteiger partial charge on any atom is -0.491 e. The van der Waals surface area contributed by atoms with Crippen LogP contribution in [0.2, 0.25) is 0 Å². The number of hydrogen-bond acceptors (Lipinski definition) is 9. The Bertz CT molecular complexity index is 1690. The highest BCUT2D eigenvalue weighted by molar-refractivity contribution is 6.12. The van der Waals surface area contributed by atoms with Crippen molar-refractivity contribution >= 4 is 17.3 Å². The molecule has 0 aromatic carbocycles. The lowest BCUT2D eigenvalue weighted by atomic mass is 9.68. The Morgan fingerprint density at radius 1 is 1.12 bits per heavy atom. The highest BCUT2D eigenvalue weighted by Crippen LogP contribution is 2.44. The number of rotatable bonds is 11. The van der Waals surface area contributed by atoms with Crippen molar-refractivity contribution in [2.75, 3.05) is 46.4 Å². The highest BCUT2D eigenvalue weighted by Gasteiger charge is 2.44. The number of nitriles is 1. The van der Waals surface area contributed by atoms with Gasteiger partial charge in [0, 0.05) is 62.3 Å². The summed E-state index contributed by atoms with van der Waals surface area (Å²) >= 11 is 0. The standard InChI is InChI=1S/C38H48N8O2/c1-4-35(44-25-31-18-32(26-44)45(31)24-29-8-9-36(47-3)41-22-29)40-21-28(2)34-19-33(27-46-37(34)30(20-39)23-42-46)48-17-16-43-14-12-38(13-15-43)10-6-5-7-11-38/h4,8-9,19,21-23,27,31-32H,2,5-7,10-18,24-26H2,1,3H3/b35-4+,40-21?. The molecule has 5 fully saturated rings. The number of methoxy groups -OCH3 is 1. The van der Waals surface area contributed by atoms with Crippen LogP contribution in [-0.2, 0) is 6.54 Å². The van der Waals surface area contributed by atoms with Crippen LogP contribution in [-0.4, -0.2) is 94.0 Å².